The number of nitrogens with one attached hydrogen (secondary N) is 1. The Hall–Kier alpha value is -3.07. The summed E-state index contributed by atoms with van der Waals surface area (Å²) in [6.45, 7) is 0.375. The van der Waals surface area contributed by atoms with Crippen LogP contribution < -0.4 is 5.32 Å². The number of imidazole rings is 1. The summed E-state index contributed by atoms with van der Waals surface area (Å²) in [6.07, 6.45) is 6.42. The summed E-state index contributed by atoms with van der Waals surface area (Å²) in [5, 5.41) is 13.3. The van der Waals surface area contributed by atoms with Crippen LogP contribution in [-0.4, -0.2) is 26.8 Å². The van der Waals surface area contributed by atoms with Gasteiger partial charge in [-0.25, -0.2) is 9.37 Å². The fourth-order valence-electron chi connectivity index (χ4n) is 2.20. The average Bonchev–Trinajstić information content (AvgIpc) is 3.19. The molecular formula is C16H13FN4O3S. The quantitative estimate of drug-likeness (QED) is 0.416. The number of rotatable bonds is 6. The van der Waals surface area contributed by atoms with Crippen LogP contribution in [0, 0.1) is 15.9 Å². The van der Waals surface area contributed by atoms with E-state index in [0.717, 1.165) is 17.0 Å². The lowest BCUT2D eigenvalue weighted by Gasteiger charge is -1.99. The number of amides is 1. The second kappa shape index (κ2) is 7.22. The lowest BCUT2D eigenvalue weighted by molar-refractivity contribution is -0.380. The molecular weight excluding hydrogens is 347 g/mol. The Morgan fingerprint density at radius 2 is 2.20 bits per heavy atom. The Balaban J connectivity index is 1.51. The highest BCUT2D eigenvalue weighted by molar-refractivity contribution is 7.16. The van der Waals surface area contributed by atoms with Crippen molar-refractivity contribution in [3.63, 3.8) is 0 Å². The first-order chi connectivity index (χ1) is 12.0. The minimum absolute atomic E-state index is 0.0309. The number of hydrogen-bond donors (Lipinski definition) is 1. The van der Waals surface area contributed by atoms with Crippen LogP contribution in [0.25, 0.3) is 11.7 Å². The van der Waals surface area contributed by atoms with E-state index in [1.54, 1.807) is 22.7 Å². The normalized spacial score (nSPS) is 11.2. The number of nitro groups is 1. The van der Waals surface area contributed by atoms with Gasteiger partial charge < -0.3 is 9.72 Å². The van der Waals surface area contributed by atoms with E-state index in [2.05, 4.69) is 10.3 Å². The largest absolute Gasteiger partial charge is 0.352 e. The first-order valence-electron chi connectivity index (χ1n) is 7.34. The van der Waals surface area contributed by atoms with Gasteiger partial charge in [0.2, 0.25) is 5.91 Å². The van der Waals surface area contributed by atoms with Crippen LogP contribution in [-0.2, 0) is 11.2 Å². The van der Waals surface area contributed by atoms with E-state index in [1.807, 2.05) is 0 Å². The Morgan fingerprint density at radius 3 is 2.96 bits per heavy atom. The van der Waals surface area contributed by atoms with Gasteiger partial charge in [0.1, 0.15) is 11.5 Å². The number of carbonyl (C=O) groups excluding carboxylic acids is 1. The third-order valence-electron chi connectivity index (χ3n) is 3.34. The second-order valence-corrected chi connectivity index (χ2v) is 6.25. The summed E-state index contributed by atoms with van der Waals surface area (Å²) in [7, 11) is 0. The predicted molar refractivity (Wildman–Crippen MR) is 91.9 cm³/mol. The summed E-state index contributed by atoms with van der Waals surface area (Å²) in [6, 6.07) is 5.91. The molecule has 0 aromatic carbocycles. The van der Waals surface area contributed by atoms with Crippen molar-refractivity contribution in [1.82, 2.24) is 14.7 Å². The molecule has 0 spiro atoms. The van der Waals surface area contributed by atoms with Gasteiger partial charge in [0.25, 0.3) is 0 Å². The van der Waals surface area contributed by atoms with Crippen LogP contribution in [0.5, 0.6) is 0 Å². The Bertz CT molecular complexity index is 963. The van der Waals surface area contributed by atoms with Gasteiger partial charge in [-0.2, -0.15) is 0 Å². The molecule has 0 aliphatic heterocycles. The van der Waals surface area contributed by atoms with E-state index in [4.69, 9.17) is 0 Å². The molecule has 0 saturated carbocycles. The first kappa shape index (κ1) is 16.8. The van der Waals surface area contributed by atoms with Crippen molar-refractivity contribution in [2.75, 3.05) is 6.54 Å². The standard InChI is InChI=1S/C16H13FN4O3S/c17-11-1-4-14-19-12(10-20(14)9-11)7-8-18-15(22)5-2-13-3-6-16(25-13)21(23)24/h1-6,9-10H,7-8H2,(H,18,22)/b5-2+. The molecule has 0 atom stereocenters. The van der Waals surface area contributed by atoms with E-state index < -0.39 is 4.92 Å². The van der Waals surface area contributed by atoms with Crippen LogP contribution >= 0.6 is 11.3 Å². The molecule has 1 N–H and O–H groups in total. The molecule has 128 valence electrons. The lowest BCUT2D eigenvalue weighted by Crippen LogP contribution is -2.23. The van der Waals surface area contributed by atoms with Gasteiger partial charge in [0, 0.05) is 42.4 Å². The highest BCUT2D eigenvalue weighted by Crippen LogP contribution is 2.24. The molecule has 3 aromatic rings. The Kier molecular flexibility index (Phi) is 4.85. The molecule has 0 bridgehead atoms. The maximum absolute atomic E-state index is 13.1. The molecule has 3 heterocycles. The summed E-state index contributed by atoms with van der Waals surface area (Å²) < 4.78 is 14.7. The van der Waals surface area contributed by atoms with E-state index in [-0.39, 0.29) is 16.7 Å². The number of fused-ring (bicyclic) bond motifs is 1. The van der Waals surface area contributed by atoms with Gasteiger partial charge in [-0.15, -0.1) is 0 Å². The van der Waals surface area contributed by atoms with Crippen LogP contribution in [0.15, 0.2) is 42.7 Å². The number of hydrogen-bond acceptors (Lipinski definition) is 5. The van der Waals surface area contributed by atoms with Gasteiger partial charge in [-0.3, -0.25) is 14.9 Å². The summed E-state index contributed by atoms with van der Waals surface area (Å²) in [5.74, 6) is -0.644. The molecule has 1 amide bonds. The predicted octanol–water partition coefficient (Wildman–Crippen LogP) is 2.82. The fourth-order valence-corrected chi connectivity index (χ4v) is 2.92. The molecule has 0 radical (unpaired) electrons. The van der Waals surface area contributed by atoms with Crippen molar-refractivity contribution in [3.8, 4) is 0 Å². The highest BCUT2D eigenvalue weighted by atomic mass is 32.1. The topological polar surface area (TPSA) is 89.5 Å². The van der Waals surface area contributed by atoms with Gasteiger partial charge in [0.05, 0.1) is 10.6 Å². The SMILES string of the molecule is O=C(/C=C/c1ccc([N+](=O)[O-])s1)NCCc1cn2cc(F)ccc2n1. The van der Waals surface area contributed by atoms with Crippen molar-refractivity contribution >= 4 is 34.0 Å². The molecule has 0 fully saturated rings. The third kappa shape index (κ3) is 4.27. The van der Waals surface area contributed by atoms with Crippen molar-refractivity contribution in [2.45, 2.75) is 6.42 Å². The van der Waals surface area contributed by atoms with Gasteiger partial charge in [0.15, 0.2) is 0 Å². The molecule has 0 unspecified atom stereocenters. The van der Waals surface area contributed by atoms with Crippen LogP contribution in [0.3, 0.4) is 0 Å². The summed E-state index contributed by atoms with van der Waals surface area (Å²) in [5.41, 5.74) is 1.38. The molecule has 9 heteroatoms. The summed E-state index contributed by atoms with van der Waals surface area (Å²) in [4.78, 5) is 26.8. The number of pyridine rings is 1. The fraction of sp³-hybridized carbons (Fsp3) is 0.125. The molecule has 3 aromatic heterocycles. The van der Waals surface area contributed by atoms with E-state index in [9.17, 15) is 19.3 Å². The zero-order chi connectivity index (χ0) is 17.8. The lowest BCUT2D eigenvalue weighted by atomic mass is 10.3. The second-order valence-electron chi connectivity index (χ2n) is 5.15. The number of halogens is 1. The molecule has 0 aliphatic carbocycles. The van der Waals surface area contributed by atoms with Crippen LogP contribution in [0.2, 0.25) is 0 Å². The minimum atomic E-state index is -0.469. The van der Waals surface area contributed by atoms with E-state index >= 15 is 0 Å². The average molecular weight is 360 g/mol. The van der Waals surface area contributed by atoms with E-state index in [1.165, 1.54) is 30.5 Å². The Morgan fingerprint density at radius 1 is 1.36 bits per heavy atom. The van der Waals surface area contributed by atoms with Crippen molar-refractivity contribution in [1.29, 1.82) is 0 Å². The third-order valence-corrected chi connectivity index (χ3v) is 4.34. The maximum Gasteiger partial charge on any atom is 0.324 e. The van der Waals surface area contributed by atoms with Crippen molar-refractivity contribution in [2.24, 2.45) is 0 Å². The van der Waals surface area contributed by atoms with Crippen molar-refractivity contribution in [3.05, 3.63) is 69.2 Å². The molecule has 0 aliphatic rings. The van der Waals surface area contributed by atoms with Crippen LogP contribution in [0.4, 0.5) is 9.39 Å². The molecule has 7 nitrogen and oxygen atoms in total. The first-order valence-corrected chi connectivity index (χ1v) is 8.16. The number of nitrogens with zero attached hydrogens (tertiary/aromatic N) is 3. The Labute approximate surface area is 145 Å². The molecule has 0 saturated heterocycles. The van der Waals surface area contributed by atoms with Crippen molar-refractivity contribution < 1.29 is 14.1 Å². The smallest absolute Gasteiger partial charge is 0.324 e. The monoisotopic (exact) mass is 360 g/mol. The molecule has 3 rings (SSSR count). The molecule has 25 heavy (non-hydrogen) atoms. The minimum Gasteiger partial charge on any atom is -0.352 e. The van der Waals surface area contributed by atoms with Gasteiger partial charge in [-0.05, 0) is 24.3 Å². The summed E-state index contributed by atoms with van der Waals surface area (Å²) >= 11 is 0.998. The number of aromatic nitrogens is 2. The van der Waals surface area contributed by atoms with Crippen LogP contribution in [0.1, 0.15) is 10.6 Å². The highest BCUT2D eigenvalue weighted by Gasteiger charge is 2.08. The van der Waals surface area contributed by atoms with Gasteiger partial charge >= 0.3 is 5.00 Å². The van der Waals surface area contributed by atoms with E-state index in [0.29, 0.717) is 23.5 Å². The van der Waals surface area contributed by atoms with Gasteiger partial charge in [-0.1, -0.05) is 11.3 Å². The number of carbonyl (C=O) groups is 1. The zero-order valence-corrected chi connectivity index (χ0v) is 13.7. The number of thiophene rings is 1. The zero-order valence-electron chi connectivity index (χ0n) is 12.9. The maximum atomic E-state index is 13.1.